The fraction of sp³-hybridized carbons (Fsp3) is 0.490. The lowest BCUT2D eigenvalue weighted by Gasteiger charge is -2.35. The maximum Gasteiger partial charge on any atom is 0.420 e. The largest absolute Gasteiger partial charge is 0.420 e. The fourth-order valence-electron chi connectivity index (χ4n) is 8.31. The summed E-state index contributed by atoms with van der Waals surface area (Å²) in [6, 6.07) is 9.46. The average molecular weight is 1030 g/mol. The molecule has 3 aromatic rings. The second-order valence-electron chi connectivity index (χ2n) is 18.6. The molecule has 0 radical (unpaired) electrons. The smallest absolute Gasteiger partial charge is 0.377 e. The Kier molecular flexibility index (Phi) is 17.8. The van der Waals surface area contributed by atoms with Gasteiger partial charge < -0.3 is 44.7 Å². The van der Waals surface area contributed by atoms with Crippen LogP contribution < -0.4 is 20.9 Å². The number of carbonyl (C=O) groups is 4. The highest BCUT2D eigenvalue weighted by atomic mass is 32.1. The molecular weight excluding hydrogens is 969 g/mol. The van der Waals surface area contributed by atoms with Crippen LogP contribution in [0.5, 0.6) is 0 Å². The van der Waals surface area contributed by atoms with Crippen molar-refractivity contribution >= 4 is 58.0 Å². The van der Waals surface area contributed by atoms with Gasteiger partial charge in [0.2, 0.25) is 17.7 Å². The number of anilines is 1. The Labute approximate surface area is 419 Å². The number of aromatic nitrogens is 1. The minimum Gasteiger partial charge on any atom is -0.377 e. The van der Waals surface area contributed by atoms with Gasteiger partial charge in [0.15, 0.2) is 10.9 Å². The first kappa shape index (κ1) is 54.5. The molecule has 6 rings (SSSR count). The van der Waals surface area contributed by atoms with Crippen LogP contribution in [0.25, 0.3) is 10.4 Å². The monoisotopic (exact) mass is 1030 g/mol. The molecule has 3 aliphatic heterocycles. The van der Waals surface area contributed by atoms with Crippen molar-refractivity contribution in [3.05, 3.63) is 93.7 Å². The standard InChI is InChI=1S/C49H58F4N8O8S2/c1-29-23-38(55-26-36(29)61-46(70)60(45(65)48(61,6)7)34-15-14-33(24-54)39(40(34)50)49(51,52)53)69-22-21-67-18-17-66-19-20-68-27-37(62)58-42(47(3,4)5)44(64)59-16-8-9-35(59)43(63)56-25-31-10-12-32(13-11-31)41-30(2)57-28-71-41/h10-15,23,26,28,35,38,42,55H,8-9,16-22,25,27H2,1-7H3,(H,56,63)(H,58,62)/t35-,38?,42+/m0/s1. The fourth-order valence-corrected chi connectivity index (χ4v) is 9.63. The molecular formula is C49H58F4N8O8S2. The van der Waals surface area contributed by atoms with E-state index in [0.717, 1.165) is 33.8 Å². The van der Waals surface area contributed by atoms with Crippen LogP contribution in [0.15, 0.2) is 65.5 Å². The maximum absolute atomic E-state index is 15.4. The molecule has 1 unspecified atom stereocenters. The quantitative estimate of drug-likeness (QED) is 0.0635. The number of aryl methyl sites for hydroxylation is 1. The van der Waals surface area contributed by atoms with Crippen LogP contribution in [-0.4, -0.2) is 120 Å². The average Bonchev–Trinajstić information content (AvgIpc) is 4.02. The molecule has 3 atom stereocenters. The Morgan fingerprint density at radius 3 is 2.28 bits per heavy atom. The number of thiocarbonyl (C=S) groups is 1. The third-order valence-corrected chi connectivity index (χ3v) is 13.4. The minimum atomic E-state index is -5.20. The number of thiazole rings is 1. The van der Waals surface area contributed by atoms with Gasteiger partial charge in [0, 0.05) is 19.3 Å². The van der Waals surface area contributed by atoms with E-state index < -0.39 is 69.9 Å². The molecule has 3 N–H and O–H groups in total. The van der Waals surface area contributed by atoms with E-state index in [2.05, 4.69) is 20.9 Å². The van der Waals surface area contributed by atoms with E-state index in [-0.39, 0.29) is 63.2 Å². The predicted octanol–water partition coefficient (Wildman–Crippen LogP) is 6.48. The summed E-state index contributed by atoms with van der Waals surface area (Å²) in [5.41, 5.74) is 0.277. The van der Waals surface area contributed by atoms with Gasteiger partial charge in [-0.3, -0.25) is 24.1 Å². The Bertz CT molecular complexity index is 2570. The van der Waals surface area contributed by atoms with E-state index >= 15 is 4.39 Å². The lowest BCUT2D eigenvalue weighted by atomic mass is 9.85. The summed E-state index contributed by atoms with van der Waals surface area (Å²) in [5.74, 6) is -3.60. The molecule has 1 aromatic heterocycles. The van der Waals surface area contributed by atoms with E-state index in [1.807, 2.05) is 57.5 Å². The van der Waals surface area contributed by atoms with Crippen molar-refractivity contribution in [1.82, 2.24) is 30.7 Å². The van der Waals surface area contributed by atoms with Gasteiger partial charge in [-0.05, 0) is 93.1 Å². The molecule has 71 heavy (non-hydrogen) atoms. The number of hydrogen-bond acceptors (Lipinski definition) is 13. The summed E-state index contributed by atoms with van der Waals surface area (Å²) >= 11 is 7.13. The molecule has 2 saturated heterocycles. The van der Waals surface area contributed by atoms with Crippen LogP contribution in [0.2, 0.25) is 0 Å². The number of amides is 4. The SMILES string of the molecule is CC1=CC(OCCOCCOCCOCC(=O)N[C@H](C(=O)N2CCC[C@H]2C(=O)NCc2ccc(-c3scnc3C)cc2)C(C)(C)C)NC=C1N1C(=S)N(c2ccc(C#N)c(C(F)(F)F)c2F)C(=O)C1(C)C. The molecule has 0 bridgehead atoms. The number of nitrogens with zero attached hydrogens (tertiary/aromatic N) is 5. The number of likely N-dealkylation sites (tertiary alicyclic amines) is 1. The van der Waals surface area contributed by atoms with Crippen LogP contribution in [-0.2, 0) is 50.8 Å². The minimum absolute atomic E-state index is 0.109. The molecule has 2 fully saturated rings. The van der Waals surface area contributed by atoms with Crippen molar-refractivity contribution in [1.29, 1.82) is 5.26 Å². The first-order valence-electron chi connectivity index (χ1n) is 22.9. The van der Waals surface area contributed by atoms with Crippen molar-refractivity contribution in [2.45, 2.75) is 97.9 Å². The van der Waals surface area contributed by atoms with Crippen LogP contribution in [0.1, 0.15) is 76.8 Å². The molecule has 0 saturated carbocycles. The van der Waals surface area contributed by atoms with E-state index in [4.69, 9.17) is 31.2 Å². The number of dihydropyridines is 1. The number of allylic oxidation sites excluding steroid dienone is 1. The Morgan fingerprint density at radius 1 is 1.01 bits per heavy atom. The second kappa shape index (κ2) is 23.2. The van der Waals surface area contributed by atoms with Crippen molar-refractivity contribution < 1.29 is 55.7 Å². The van der Waals surface area contributed by atoms with Crippen LogP contribution in [0.4, 0.5) is 23.2 Å². The van der Waals surface area contributed by atoms with Gasteiger partial charge in [0.25, 0.3) is 5.91 Å². The number of hydrogen-bond donors (Lipinski definition) is 3. The van der Waals surface area contributed by atoms with Crippen molar-refractivity contribution in [3.8, 4) is 16.5 Å². The summed E-state index contributed by atoms with van der Waals surface area (Å²) in [6.45, 7) is 13.8. The molecule has 2 aromatic carbocycles. The van der Waals surface area contributed by atoms with Crippen LogP contribution in [0.3, 0.4) is 0 Å². The number of nitriles is 1. The van der Waals surface area contributed by atoms with Gasteiger partial charge in [-0.1, -0.05) is 45.0 Å². The zero-order valence-electron chi connectivity index (χ0n) is 40.5. The molecule has 22 heteroatoms. The number of benzene rings is 2. The number of ether oxygens (including phenoxy) is 4. The van der Waals surface area contributed by atoms with Gasteiger partial charge in [-0.2, -0.15) is 18.4 Å². The lowest BCUT2D eigenvalue weighted by molar-refractivity contribution is -0.144. The molecule has 0 spiro atoms. The van der Waals surface area contributed by atoms with Gasteiger partial charge in [-0.15, -0.1) is 11.3 Å². The predicted molar refractivity (Wildman–Crippen MR) is 260 cm³/mol. The van der Waals surface area contributed by atoms with Gasteiger partial charge in [0.1, 0.15) is 36.0 Å². The first-order chi connectivity index (χ1) is 33.6. The van der Waals surface area contributed by atoms with E-state index in [9.17, 15) is 37.6 Å². The Balaban J connectivity index is 0.862. The summed E-state index contributed by atoms with van der Waals surface area (Å²) in [7, 11) is 0. The topological polar surface area (TPSA) is 188 Å². The summed E-state index contributed by atoms with van der Waals surface area (Å²) in [4.78, 5) is 63.0. The Morgan fingerprint density at radius 2 is 1.68 bits per heavy atom. The van der Waals surface area contributed by atoms with Crippen molar-refractivity contribution in [2.75, 3.05) is 57.7 Å². The number of halogens is 4. The summed E-state index contributed by atoms with van der Waals surface area (Å²) in [6.07, 6.45) is -1.36. The number of carbonyl (C=O) groups excluding carboxylic acids is 4. The summed E-state index contributed by atoms with van der Waals surface area (Å²) in [5, 5.41) is 17.8. The zero-order chi connectivity index (χ0) is 51.8. The normalized spacial score (nSPS) is 18.5. The molecule has 4 heterocycles. The first-order valence-corrected chi connectivity index (χ1v) is 24.2. The molecule has 3 aliphatic rings. The van der Waals surface area contributed by atoms with Crippen molar-refractivity contribution in [2.24, 2.45) is 5.41 Å². The van der Waals surface area contributed by atoms with Crippen LogP contribution in [0, 0.1) is 29.5 Å². The highest BCUT2D eigenvalue weighted by Gasteiger charge is 2.53. The Hall–Kier alpha value is -5.83. The summed E-state index contributed by atoms with van der Waals surface area (Å²) < 4.78 is 79.3. The van der Waals surface area contributed by atoms with Crippen molar-refractivity contribution in [3.63, 3.8) is 0 Å². The van der Waals surface area contributed by atoms with Gasteiger partial charge in [0.05, 0.1) is 78.7 Å². The molecule has 382 valence electrons. The number of nitrogens with one attached hydrogen (secondary N) is 3. The number of rotatable bonds is 20. The van der Waals surface area contributed by atoms with E-state index in [1.54, 1.807) is 35.4 Å². The second-order valence-corrected chi connectivity index (χ2v) is 19.8. The highest BCUT2D eigenvalue weighted by molar-refractivity contribution is 7.80. The molecule has 0 aliphatic carbocycles. The van der Waals surface area contributed by atoms with E-state index in [1.165, 1.54) is 24.8 Å². The lowest BCUT2D eigenvalue weighted by Crippen LogP contribution is -2.58. The molecule has 4 amide bonds. The van der Waals surface area contributed by atoms with Gasteiger partial charge >= 0.3 is 6.18 Å². The third-order valence-electron chi connectivity index (χ3n) is 12.1. The van der Waals surface area contributed by atoms with Crippen LogP contribution >= 0.6 is 23.6 Å². The highest BCUT2D eigenvalue weighted by Crippen LogP contribution is 2.42. The number of alkyl halides is 3. The van der Waals surface area contributed by atoms with Gasteiger partial charge in [-0.25, -0.2) is 9.37 Å². The maximum atomic E-state index is 15.4. The third kappa shape index (κ3) is 12.8. The van der Waals surface area contributed by atoms with E-state index in [0.29, 0.717) is 42.1 Å². The molecule has 16 nitrogen and oxygen atoms in total. The zero-order valence-corrected chi connectivity index (χ0v) is 42.2.